The normalized spacial score (nSPS) is 13.7. The third-order valence-electron chi connectivity index (χ3n) is 3.75. The summed E-state index contributed by atoms with van der Waals surface area (Å²) in [7, 11) is 1.71. The van der Waals surface area contributed by atoms with Crippen molar-refractivity contribution in [3.05, 3.63) is 33.8 Å². The monoisotopic (exact) mass is 289 g/mol. The van der Waals surface area contributed by atoms with Gasteiger partial charge in [0.25, 0.3) is 0 Å². The van der Waals surface area contributed by atoms with E-state index >= 15 is 0 Å². The van der Waals surface area contributed by atoms with E-state index in [-0.39, 0.29) is 11.6 Å². The van der Waals surface area contributed by atoms with E-state index in [1.807, 2.05) is 12.1 Å². The molecule has 18 heavy (non-hydrogen) atoms. The van der Waals surface area contributed by atoms with Crippen molar-refractivity contribution in [2.24, 2.45) is 5.73 Å². The second kappa shape index (κ2) is 6.76. The van der Waals surface area contributed by atoms with E-state index in [1.165, 1.54) is 0 Å². The standard InChI is InChI=1S/C14H21Cl2NO/c1-4-14(5-2,18-3)12(17)9-10-7-6-8-11(15)13(10)16/h6-8,12H,4-5,9,17H2,1-3H3. The quantitative estimate of drug-likeness (QED) is 0.857. The van der Waals surface area contributed by atoms with E-state index in [4.69, 9.17) is 33.7 Å². The molecule has 0 saturated heterocycles. The fourth-order valence-corrected chi connectivity index (χ4v) is 2.74. The van der Waals surface area contributed by atoms with Gasteiger partial charge < -0.3 is 10.5 Å². The van der Waals surface area contributed by atoms with Gasteiger partial charge in [-0.1, -0.05) is 49.2 Å². The van der Waals surface area contributed by atoms with Crippen LogP contribution in [-0.2, 0) is 11.2 Å². The molecule has 0 aromatic heterocycles. The van der Waals surface area contributed by atoms with Crippen LogP contribution in [0.25, 0.3) is 0 Å². The Morgan fingerprint density at radius 1 is 1.28 bits per heavy atom. The summed E-state index contributed by atoms with van der Waals surface area (Å²) in [6, 6.07) is 5.53. The lowest BCUT2D eigenvalue weighted by Gasteiger charge is -2.36. The highest BCUT2D eigenvalue weighted by Gasteiger charge is 2.33. The summed E-state index contributed by atoms with van der Waals surface area (Å²) in [6.07, 6.45) is 2.41. The molecule has 1 aromatic carbocycles. The van der Waals surface area contributed by atoms with Gasteiger partial charge >= 0.3 is 0 Å². The fourth-order valence-electron chi connectivity index (χ4n) is 2.34. The summed E-state index contributed by atoms with van der Waals surface area (Å²) >= 11 is 12.2. The van der Waals surface area contributed by atoms with Gasteiger partial charge in [0.1, 0.15) is 0 Å². The molecule has 1 atom stereocenters. The third-order valence-corrected chi connectivity index (χ3v) is 4.61. The summed E-state index contributed by atoms with van der Waals surface area (Å²) in [5.74, 6) is 0. The highest BCUT2D eigenvalue weighted by atomic mass is 35.5. The van der Waals surface area contributed by atoms with Crippen molar-refractivity contribution in [3.63, 3.8) is 0 Å². The molecule has 0 saturated carbocycles. The van der Waals surface area contributed by atoms with Crippen LogP contribution < -0.4 is 5.73 Å². The van der Waals surface area contributed by atoms with Crippen molar-refractivity contribution in [1.29, 1.82) is 0 Å². The summed E-state index contributed by atoms with van der Waals surface area (Å²) in [6.45, 7) is 4.18. The molecule has 2 N–H and O–H groups in total. The molecule has 0 bridgehead atoms. The van der Waals surface area contributed by atoms with Crippen LogP contribution in [0.4, 0.5) is 0 Å². The Balaban J connectivity index is 2.92. The first-order valence-corrected chi connectivity index (χ1v) is 7.00. The molecule has 0 heterocycles. The topological polar surface area (TPSA) is 35.2 Å². The minimum Gasteiger partial charge on any atom is -0.377 e. The average Bonchev–Trinajstić information content (AvgIpc) is 2.38. The average molecular weight is 290 g/mol. The molecule has 102 valence electrons. The lowest BCUT2D eigenvalue weighted by Crippen LogP contribution is -2.50. The number of halogens is 2. The number of rotatable bonds is 6. The SMILES string of the molecule is CCC(CC)(OC)C(N)Cc1cccc(Cl)c1Cl. The second-order valence-corrected chi connectivity index (χ2v) is 5.28. The minimum atomic E-state index is -0.300. The van der Waals surface area contributed by atoms with E-state index in [0.29, 0.717) is 16.5 Å². The Bertz CT molecular complexity index is 383. The van der Waals surface area contributed by atoms with Gasteiger partial charge in [0.2, 0.25) is 0 Å². The van der Waals surface area contributed by atoms with Gasteiger partial charge in [-0.2, -0.15) is 0 Å². The molecule has 1 unspecified atom stereocenters. The maximum Gasteiger partial charge on any atom is 0.0826 e. The second-order valence-electron chi connectivity index (χ2n) is 4.50. The molecule has 0 aliphatic carbocycles. The van der Waals surface area contributed by atoms with E-state index in [9.17, 15) is 0 Å². The first-order valence-electron chi connectivity index (χ1n) is 6.24. The number of methoxy groups -OCH3 is 1. The number of nitrogens with two attached hydrogens (primary N) is 1. The van der Waals surface area contributed by atoms with E-state index in [1.54, 1.807) is 13.2 Å². The molecule has 0 aliphatic heterocycles. The van der Waals surface area contributed by atoms with Gasteiger partial charge in [-0.25, -0.2) is 0 Å². The molecule has 0 fully saturated rings. The van der Waals surface area contributed by atoms with Crippen LogP contribution in [0.5, 0.6) is 0 Å². The Labute approximate surface area is 119 Å². The molecule has 1 aromatic rings. The van der Waals surface area contributed by atoms with Crippen molar-refractivity contribution < 1.29 is 4.74 Å². The number of hydrogen-bond donors (Lipinski definition) is 1. The van der Waals surface area contributed by atoms with Gasteiger partial charge in [0.05, 0.1) is 15.6 Å². The van der Waals surface area contributed by atoms with Crippen molar-refractivity contribution in [2.75, 3.05) is 7.11 Å². The number of hydrogen-bond acceptors (Lipinski definition) is 2. The molecule has 0 spiro atoms. The van der Waals surface area contributed by atoms with E-state index in [0.717, 1.165) is 18.4 Å². The Morgan fingerprint density at radius 2 is 1.89 bits per heavy atom. The molecular weight excluding hydrogens is 269 g/mol. The van der Waals surface area contributed by atoms with Gasteiger partial charge in [0.15, 0.2) is 0 Å². The zero-order valence-electron chi connectivity index (χ0n) is 11.2. The lowest BCUT2D eigenvalue weighted by molar-refractivity contribution is -0.0374. The van der Waals surface area contributed by atoms with Crippen LogP contribution in [0.3, 0.4) is 0 Å². The predicted octanol–water partition coefficient (Wildman–Crippen LogP) is 4.07. The van der Waals surface area contributed by atoms with Gasteiger partial charge in [-0.15, -0.1) is 0 Å². The Morgan fingerprint density at radius 3 is 2.39 bits per heavy atom. The van der Waals surface area contributed by atoms with E-state index < -0.39 is 0 Å². The van der Waals surface area contributed by atoms with Crippen molar-refractivity contribution >= 4 is 23.2 Å². The predicted molar refractivity (Wildman–Crippen MR) is 78.5 cm³/mol. The Hall–Kier alpha value is -0.280. The van der Waals surface area contributed by atoms with Crippen molar-refractivity contribution in [1.82, 2.24) is 0 Å². The van der Waals surface area contributed by atoms with Gasteiger partial charge in [0, 0.05) is 13.2 Å². The van der Waals surface area contributed by atoms with E-state index in [2.05, 4.69) is 13.8 Å². The molecule has 1 rings (SSSR count). The van der Waals surface area contributed by atoms with Crippen LogP contribution in [0.1, 0.15) is 32.3 Å². The van der Waals surface area contributed by atoms with Crippen LogP contribution in [0.15, 0.2) is 18.2 Å². The van der Waals surface area contributed by atoms with Gasteiger partial charge in [-0.05, 0) is 30.9 Å². The van der Waals surface area contributed by atoms with Crippen LogP contribution in [0, 0.1) is 0 Å². The largest absolute Gasteiger partial charge is 0.377 e. The first-order chi connectivity index (χ1) is 8.50. The van der Waals surface area contributed by atoms with Gasteiger partial charge in [-0.3, -0.25) is 0 Å². The van der Waals surface area contributed by atoms with Crippen molar-refractivity contribution in [3.8, 4) is 0 Å². The highest BCUT2D eigenvalue weighted by molar-refractivity contribution is 6.42. The summed E-state index contributed by atoms with van der Waals surface area (Å²) in [5, 5.41) is 1.16. The third kappa shape index (κ3) is 3.18. The molecule has 4 heteroatoms. The number of benzene rings is 1. The summed E-state index contributed by atoms with van der Waals surface area (Å²) in [5.41, 5.74) is 6.98. The van der Waals surface area contributed by atoms with Crippen molar-refractivity contribution in [2.45, 2.75) is 44.8 Å². The number of ether oxygens (including phenoxy) is 1. The Kier molecular flexibility index (Phi) is 5.93. The smallest absolute Gasteiger partial charge is 0.0826 e. The maximum atomic E-state index is 6.31. The zero-order valence-corrected chi connectivity index (χ0v) is 12.7. The summed E-state index contributed by atoms with van der Waals surface area (Å²) in [4.78, 5) is 0. The summed E-state index contributed by atoms with van der Waals surface area (Å²) < 4.78 is 5.64. The fraction of sp³-hybridized carbons (Fsp3) is 0.571. The lowest BCUT2D eigenvalue weighted by atomic mass is 9.85. The molecular formula is C14H21Cl2NO. The first kappa shape index (κ1) is 15.8. The van der Waals surface area contributed by atoms with Crippen LogP contribution >= 0.6 is 23.2 Å². The van der Waals surface area contributed by atoms with Crippen LogP contribution in [-0.4, -0.2) is 18.8 Å². The molecule has 0 aliphatic rings. The maximum absolute atomic E-state index is 6.31. The minimum absolute atomic E-state index is 0.103. The molecule has 0 radical (unpaired) electrons. The van der Waals surface area contributed by atoms with Crippen LogP contribution in [0.2, 0.25) is 10.0 Å². The highest BCUT2D eigenvalue weighted by Crippen LogP contribution is 2.30. The molecule has 2 nitrogen and oxygen atoms in total. The molecule has 0 amide bonds. The zero-order chi connectivity index (χ0) is 13.8.